The van der Waals surface area contributed by atoms with Crippen LogP contribution < -0.4 is 0 Å². The molecule has 1 heterocycles. The van der Waals surface area contributed by atoms with Crippen LogP contribution in [0.4, 0.5) is 0 Å². The molecule has 4 nitrogen and oxygen atoms in total. The highest BCUT2D eigenvalue weighted by Gasteiger charge is 2.14. The highest BCUT2D eigenvalue weighted by atomic mass is 32.2. The van der Waals surface area contributed by atoms with Crippen molar-refractivity contribution in [2.45, 2.75) is 53.4 Å². The fourth-order valence-corrected chi connectivity index (χ4v) is 4.55. The number of aromatic nitrogens is 1. The number of hydrogen-bond donors (Lipinski definition) is 0. The maximum atomic E-state index is 11.2. The molecule has 0 amide bonds. The first-order chi connectivity index (χ1) is 13.3. The van der Waals surface area contributed by atoms with E-state index in [1.807, 2.05) is 19.1 Å². The molecule has 0 spiro atoms. The van der Waals surface area contributed by atoms with E-state index in [0.29, 0.717) is 11.8 Å². The molecular weight excluding hydrogens is 390 g/mol. The maximum Gasteiger partial charge on any atom is 0.226 e. The van der Waals surface area contributed by atoms with E-state index in [1.54, 1.807) is 13.8 Å². The van der Waals surface area contributed by atoms with Crippen LogP contribution >= 0.6 is 23.5 Å². The third kappa shape index (κ3) is 7.84. The summed E-state index contributed by atoms with van der Waals surface area (Å²) >= 11 is 2.72. The van der Waals surface area contributed by atoms with Gasteiger partial charge in [-0.3, -0.25) is 9.59 Å². The van der Waals surface area contributed by atoms with Crippen LogP contribution in [0.3, 0.4) is 0 Å². The molecular formula is C22H29NO3S2. The number of hydrogen-bond acceptors (Lipinski definition) is 6. The highest BCUT2D eigenvalue weighted by molar-refractivity contribution is 8.14. The number of carbonyl (C=O) groups is 2. The van der Waals surface area contributed by atoms with Gasteiger partial charge in [0.05, 0.1) is 5.69 Å². The summed E-state index contributed by atoms with van der Waals surface area (Å²) < 4.78 is 5.86. The number of rotatable bonds is 10. The van der Waals surface area contributed by atoms with E-state index < -0.39 is 0 Å². The Balaban J connectivity index is 1.84. The van der Waals surface area contributed by atoms with Crippen molar-refractivity contribution in [3.63, 3.8) is 0 Å². The smallest absolute Gasteiger partial charge is 0.226 e. The molecule has 1 aromatic carbocycles. The summed E-state index contributed by atoms with van der Waals surface area (Å²) in [5, 5.41) is 0.277. The molecule has 0 fully saturated rings. The molecule has 0 atom stereocenters. The summed E-state index contributed by atoms with van der Waals surface area (Å²) in [5.41, 5.74) is 3.23. The summed E-state index contributed by atoms with van der Waals surface area (Å²) in [4.78, 5) is 27.2. The monoisotopic (exact) mass is 419 g/mol. The van der Waals surface area contributed by atoms with E-state index in [2.05, 4.69) is 24.0 Å². The lowest BCUT2D eigenvalue weighted by atomic mass is 10.0. The topological polar surface area (TPSA) is 60.2 Å². The lowest BCUT2D eigenvalue weighted by Gasteiger charge is -2.14. The quantitative estimate of drug-likeness (QED) is 0.450. The lowest BCUT2D eigenvalue weighted by Crippen LogP contribution is -2.10. The molecule has 0 aliphatic carbocycles. The predicted octanol–water partition coefficient (Wildman–Crippen LogP) is 5.85. The van der Waals surface area contributed by atoms with Crippen molar-refractivity contribution in [3.05, 3.63) is 41.3 Å². The van der Waals surface area contributed by atoms with Crippen molar-refractivity contribution >= 4 is 33.8 Å². The van der Waals surface area contributed by atoms with Gasteiger partial charge in [0.15, 0.2) is 10.2 Å². The first-order valence-corrected chi connectivity index (χ1v) is 11.6. The zero-order chi connectivity index (χ0) is 20.5. The van der Waals surface area contributed by atoms with E-state index in [0.717, 1.165) is 54.2 Å². The van der Waals surface area contributed by atoms with Crippen LogP contribution in [0.1, 0.15) is 50.1 Å². The molecule has 0 saturated carbocycles. The van der Waals surface area contributed by atoms with E-state index in [4.69, 9.17) is 4.42 Å². The Morgan fingerprint density at radius 1 is 1.00 bits per heavy atom. The van der Waals surface area contributed by atoms with Gasteiger partial charge in [0, 0.05) is 30.9 Å². The Morgan fingerprint density at radius 2 is 1.61 bits per heavy atom. The second kappa shape index (κ2) is 11.5. The van der Waals surface area contributed by atoms with Crippen LogP contribution in [-0.2, 0) is 16.0 Å². The second-order valence-electron chi connectivity index (χ2n) is 7.10. The van der Waals surface area contributed by atoms with Gasteiger partial charge in [0.2, 0.25) is 5.89 Å². The van der Waals surface area contributed by atoms with Crippen LogP contribution in [0.5, 0.6) is 0 Å². The summed E-state index contributed by atoms with van der Waals surface area (Å²) in [6.07, 6.45) is 3.97. The second-order valence-corrected chi connectivity index (χ2v) is 9.50. The zero-order valence-corrected chi connectivity index (χ0v) is 18.8. The Hall–Kier alpha value is -1.53. The SMILES string of the molecule is CC(=O)SCC(CCCCc1nc(-c2ccc(C)cc2)oc1C)CSC(C)=O. The average Bonchev–Trinajstić information content (AvgIpc) is 3.01. The third-order valence-corrected chi connectivity index (χ3v) is 6.60. The van der Waals surface area contributed by atoms with Crippen LogP contribution in [0.25, 0.3) is 11.5 Å². The minimum atomic E-state index is 0.139. The van der Waals surface area contributed by atoms with Gasteiger partial charge in [-0.1, -0.05) is 47.6 Å². The van der Waals surface area contributed by atoms with Gasteiger partial charge in [-0.05, 0) is 51.2 Å². The van der Waals surface area contributed by atoms with E-state index in [9.17, 15) is 9.59 Å². The van der Waals surface area contributed by atoms with Gasteiger partial charge in [0.25, 0.3) is 0 Å². The first kappa shape index (κ1) is 22.8. The fraction of sp³-hybridized carbons (Fsp3) is 0.500. The Labute approximate surface area is 176 Å². The van der Waals surface area contributed by atoms with Gasteiger partial charge < -0.3 is 4.42 Å². The molecule has 0 N–H and O–H groups in total. The normalized spacial score (nSPS) is 11.2. The van der Waals surface area contributed by atoms with Crippen LogP contribution in [0.2, 0.25) is 0 Å². The highest BCUT2D eigenvalue weighted by Crippen LogP contribution is 2.25. The molecule has 0 aliphatic rings. The van der Waals surface area contributed by atoms with Gasteiger partial charge in [-0.15, -0.1) is 0 Å². The number of thioether (sulfide) groups is 2. The van der Waals surface area contributed by atoms with Gasteiger partial charge in [-0.2, -0.15) is 0 Å². The molecule has 0 aliphatic heterocycles. The van der Waals surface area contributed by atoms with Gasteiger partial charge in [0.1, 0.15) is 5.76 Å². The van der Waals surface area contributed by atoms with Crippen molar-refractivity contribution in [2.75, 3.05) is 11.5 Å². The molecule has 6 heteroatoms. The van der Waals surface area contributed by atoms with Crippen molar-refractivity contribution in [2.24, 2.45) is 5.92 Å². The number of carbonyl (C=O) groups excluding carboxylic acids is 2. The molecule has 152 valence electrons. The first-order valence-electron chi connectivity index (χ1n) is 9.65. The number of unbranched alkanes of at least 4 members (excludes halogenated alkanes) is 1. The summed E-state index contributed by atoms with van der Waals surface area (Å²) in [5.74, 6) is 3.52. The van der Waals surface area contributed by atoms with Crippen LogP contribution in [0.15, 0.2) is 28.7 Å². The Morgan fingerprint density at radius 3 is 2.18 bits per heavy atom. The molecule has 2 rings (SSSR count). The molecule has 0 radical (unpaired) electrons. The summed E-state index contributed by atoms with van der Waals surface area (Å²) in [6, 6.07) is 8.20. The van der Waals surface area contributed by atoms with Crippen molar-refractivity contribution in [1.82, 2.24) is 4.98 Å². The van der Waals surface area contributed by atoms with Crippen LogP contribution in [-0.4, -0.2) is 26.7 Å². The molecule has 0 bridgehead atoms. The minimum absolute atomic E-state index is 0.139. The van der Waals surface area contributed by atoms with Crippen molar-refractivity contribution in [3.8, 4) is 11.5 Å². The van der Waals surface area contributed by atoms with Crippen LogP contribution in [0, 0.1) is 19.8 Å². The van der Waals surface area contributed by atoms with Crippen molar-refractivity contribution in [1.29, 1.82) is 0 Å². The standard InChI is InChI=1S/C22H29NO3S2/c1-15-9-11-20(12-10-15)22-23-21(16(2)26-22)8-6-5-7-19(13-27-17(3)24)14-28-18(4)25/h9-12,19H,5-8,13-14H2,1-4H3. The zero-order valence-electron chi connectivity index (χ0n) is 17.1. The van der Waals surface area contributed by atoms with E-state index in [-0.39, 0.29) is 10.2 Å². The predicted molar refractivity (Wildman–Crippen MR) is 119 cm³/mol. The Kier molecular flexibility index (Phi) is 9.32. The molecule has 0 saturated heterocycles. The van der Waals surface area contributed by atoms with Crippen molar-refractivity contribution < 1.29 is 14.0 Å². The van der Waals surface area contributed by atoms with Gasteiger partial charge in [-0.25, -0.2) is 4.98 Å². The largest absolute Gasteiger partial charge is 0.441 e. The molecule has 28 heavy (non-hydrogen) atoms. The number of benzene rings is 1. The number of nitrogens with zero attached hydrogens (tertiary/aromatic N) is 1. The molecule has 1 aromatic heterocycles. The Bertz CT molecular complexity index is 766. The molecule has 2 aromatic rings. The van der Waals surface area contributed by atoms with E-state index >= 15 is 0 Å². The average molecular weight is 420 g/mol. The molecule has 0 unspecified atom stereocenters. The maximum absolute atomic E-state index is 11.2. The van der Waals surface area contributed by atoms with Gasteiger partial charge >= 0.3 is 0 Å². The number of oxazole rings is 1. The summed E-state index contributed by atoms with van der Waals surface area (Å²) in [7, 11) is 0. The minimum Gasteiger partial charge on any atom is -0.441 e. The summed E-state index contributed by atoms with van der Waals surface area (Å²) in [6.45, 7) is 7.22. The number of aryl methyl sites for hydroxylation is 3. The van der Waals surface area contributed by atoms with E-state index in [1.165, 1.54) is 29.1 Å². The third-order valence-electron chi connectivity index (χ3n) is 4.51. The fourth-order valence-electron chi connectivity index (χ4n) is 2.89. The lowest BCUT2D eigenvalue weighted by molar-refractivity contribution is -0.109.